The second-order valence-electron chi connectivity index (χ2n) is 5.61. The fourth-order valence-electron chi connectivity index (χ4n) is 2.27. The second-order valence-corrected chi connectivity index (χ2v) is 5.61. The molecule has 3 heteroatoms. The molecule has 0 aliphatic heterocycles. The van der Waals surface area contributed by atoms with Gasteiger partial charge in [0.25, 0.3) is 0 Å². The van der Waals surface area contributed by atoms with Crippen molar-refractivity contribution in [1.82, 2.24) is 5.32 Å². The monoisotopic (exact) mass is 241 g/mol. The molecule has 0 saturated heterocycles. The standard InChI is InChI=1S/C14H27NO2/c1-3-14(2,17)11-15-13(16)12-9-7-5-4-6-8-10-12/h12,17H,3-11H2,1-2H3,(H,15,16). The van der Waals surface area contributed by atoms with Gasteiger partial charge in [0.2, 0.25) is 5.91 Å². The Morgan fingerprint density at radius 1 is 1.24 bits per heavy atom. The van der Waals surface area contributed by atoms with Crippen LogP contribution in [0.1, 0.15) is 65.2 Å². The molecule has 100 valence electrons. The fraction of sp³-hybridized carbons (Fsp3) is 0.929. The van der Waals surface area contributed by atoms with Gasteiger partial charge in [-0.2, -0.15) is 0 Å². The molecule has 1 rings (SSSR count). The molecule has 0 aromatic carbocycles. The number of aliphatic hydroxyl groups is 1. The van der Waals surface area contributed by atoms with Gasteiger partial charge in [0.1, 0.15) is 0 Å². The maximum atomic E-state index is 12.0. The summed E-state index contributed by atoms with van der Waals surface area (Å²) in [7, 11) is 0. The van der Waals surface area contributed by atoms with Crippen molar-refractivity contribution in [3.05, 3.63) is 0 Å². The molecule has 1 fully saturated rings. The maximum Gasteiger partial charge on any atom is 0.223 e. The molecular weight excluding hydrogens is 214 g/mol. The number of hydrogen-bond acceptors (Lipinski definition) is 2. The van der Waals surface area contributed by atoms with Crippen LogP contribution in [0.3, 0.4) is 0 Å². The predicted octanol–water partition coefficient (Wildman–Crippen LogP) is 2.62. The van der Waals surface area contributed by atoms with Gasteiger partial charge in [-0.3, -0.25) is 4.79 Å². The quantitative estimate of drug-likeness (QED) is 0.795. The van der Waals surface area contributed by atoms with E-state index in [1.807, 2.05) is 6.92 Å². The van der Waals surface area contributed by atoms with Crippen LogP contribution in [0, 0.1) is 5.92 Å². The molecule has 1 aliphatic rings. The zero-order valence-corrected chi connectivity index (χ0v) is 11.3. The molecule has 0 bridgehead atoms. The molecule has 0 aromatic rings. The Morgan fingerprint density at radius 3 is 2.29 bits per heavy atom. The molecule has 1 unspecified atom stereocenters. The smallest absolute Gasteiger partial charge is 0.223 e. The summed E-state index contributed by atoms with van der Waals surface area (Å²) in [5.41, 5.74) is -0.767. The Morgan fingerprint density at radius 2 is 1.76 bits per heavy atom. The molecule has 0 heterocycles. The van der Waals surface area contributed by atoms with Crippen molar-refractivity contribution in [2.75, 3.05) is 6.54 Å². The summed E-state index contributed by atoms with van der Waals surface area (Å²) in [6.45, 7) is 4.08. The zero-order chi connectivity index (χ0) is 12.7. The first-order valence-corrected chi connectivity index (χ1v) is 7.05. The van der Waals surface area contributed by atoms with E-state index in [2.05, 4.69) is 5.32 Å². The van der Waals surface area contributed by atoms with E-state index in [1.165, 1.54) is 32.1 Å². The average Bonchev–Trinajstić information content (AvgIpc) is 2.26. The van der Waals surface area contributed by atoms with Gasteiger partial charge in [-0.05, 0) is 26.2 Å². The van der Waals surface area contributed by atoms with E-state index in [0.717, 1.165) is 12.8 Å². The SMILES string of the molecule is CCC(C)(O)CNC(=O)C1CCCCCCC1. The molecule has 17 heavy (non-hydrogen) atoms. The minimum atomic E-state index is -0.767. The van der Waals surface area contributed by atoms with Gasteiger partial charge in [-0.1, -0.05) is 39.0 Å². The van der Waals surface area contributed by atoms with Crippen LogP contribution in [0.2, 0.25) is 0 Å². The summed E-state index contributed by atoms with van der Waals surface area (Å²) >= 11 is 0. The van der Waals surface area contributed by atoms with E-state index in [9.17, 15) is 9.90 Å². The van der Waals surface area contributed by atoms with Crippen molar-refractivity contribution in [2.45, 2.75) is 70.8 Å². The first-order valence-electron chi connectivity index (χ1n) is 7.05. The molecule has 0 aromatic heterocycles. The van der Waals surface area contributed by atoms with Crippen molar-refractivity contribution >= 4 is 5.91 Å². The summed E-state index contributed by atoms with van der Waals surface area (Å²) in [5.74, 6) is 0.309. The largest absolute Gasteiger partial charge is 0.388 e. The van der Waals surface area contributed by atoms with Gasteiger partial charge in [0, 0.05) is 12.5 Å². The van der Waals surface area contributed by atoms with Gasteiger partial charge in [0.05, 0.1) is 5.60 Å². The first-order chi connectivity index (χ1) is 8.05. The molecule has 3 nitrogen and oxygen atoms in total. The van der Waals surface area contributed by atoms with Gasteiger partial charge in [0.15, 0.2) is 0 Å². The van der Waals surface area contributed by atoms with Gasteiger partial charge in [-0.25, -0.2) is 0 Å². The molecule has 2 N–H and O–H groups in total. The summed E-state index contributed by atoms with van der Waals surface area (Å²) in [6, 6.07) is 0. The average molecular weight is 241 g/mol. The Balaban J connectivity index is 2.34. The van der Waals surface area contributed by atoms with Crippen LogP contribution in [-0.2, 0) is 4.79 Å². The van der Waals surface area contributed by atoms with Crippen molar-refractivity contribution in [2.24, 2.45) is 5.92 Å². The third kappa shape index (κ3) is 5.53. The number of rotatable bonds is 4. The summed E-state index contributed by atoms with van der Waals surface area (Å²) in [4.78, 5) is 12.0. The molecule has 1 saturated carbocycles. The van der Waals surface area contributed by atoms with Crippen molar-refractivity contribution in [3.63, 3.8) is 0 Å². The van der Waals surface area contributed by atoms with Crippen LogP contribution in [0.25, 0.3) is 0 Å². The number of hydrogen-bond donors (Lipinski definition) is 2. The Bertz CT molecular complexity index is 230. The first kappa shape index (κ1) is 14.5. The van der Waals surface area contributed by atoms with Crippen LogP contribution < -0.4 is 5.32 Å². The summed E-state index contributed by atoms with van der Waals surface area (Å²) in [5, 5.41) is 12.8. The van der Waals surface area contributed by atoms with Crippen LogP contribution in [-0.4, -0.2) is 23.2 Å². The molecule has 1 amide bonds. The summed E-state index contributed by atoms with van der Waals surface area (Å²) < 4.78 is 0. The molecule has 0 radical (unpaired) electrons. The molecule has 0 spiro atoms. The lowest BCUT2D eigenvalue weighted by atomic mass is 9.90. The van der Waals surface area contributed by atoms with E-state index in [1.54, 1.807) is 6.92 Å². The fourth-order valence-corrected chi connectivity index (χ4v) is 2.27. The van der Waals surface area contributed by atoms with Gasteiger partial charge in [-0.15, -0.1) is 0 Å². The molecular formula is C14H27NO2. The van der Waals surface area contributed by atoms with Crippen LogP contribution in [0.4, 0.5) is 0 Å². The Hall–Kier alpha value is -0.570. The Kier molecular flexibility index (Phi) is 5.96. The van der Waals surface area contributed by atoms with Crippen molar-refractivity contribution < 1.29 is 9.90 Å². The highest BCUT2D eigenvalue weighted by atomic mass is 16.3. The van der Waals surface area contributed by atoms with E-state index in [4.69, 9.17) is 0 Å². The Labute approximate surface area is 105 Å². The number of amides is 1. The van der Waals surface area contributed by atoms with Gasteiger partial charge < -0.3 is 10.4 Å². The van der Waals surface area contributed by atoms with Crippen molar-refractivity contribution in [1.29, 1.82) is 0 Å². The van der Waals surface area contributed by atoms with Crippen LogP contribution in [0.5, 0.6) is 0 Å². The number of carbonyl (C=O) groups is 1. The minimum Gasteiger partial charge on any atom is -0.388 e. The van der Waals surface area contributed by atoms with E-state index >= 15 is 0 Å². The number of carbonyl (C=O) groups excluding carboxylic acids is 1. The lowest BCUT2D eigenvalue weighted by Gasteiger charge is -2.24. The topological polar surface area (TPSA) is 49.3 Å². The highest BCUT2D eigenvalue weighted by molar-refractivity contribution is 5.78. The summed E-state index contributed by atoms with van der Waals surface area (Å²) in [6.07, 6.45) is 8.87. The number of nitrogens with one attached hydrogen (secondary N) is 1. The lowest BCUT2D eigenvalue weighted by Crippen LogP contribution is -2.42. The third-order valence-electron chi connectivity index (χ3n) is 3.88. The van der Waals surface area contributed by atoms with E-state index in [-0.39, 0.29) is 11.8 Å². The van der Waals surface area contributed by atoms with Gasteiger partial charge >= 0.3 is 0 Å². The maximum absolute atomic E-state index is 12.0. The zero-order valence-electron chi connectivity index (χ0n) is 11.3. The van der Waals surface area contributed by atoms with E-state index < -0.39 is 5.60 Å². The van der Waals surface area contributed by atoms with Crippen LogP contribution >= 0.6 is 0 Å². The predicted molar refractivity (Wildman–Crippen MR) is 69.7 cm³/mol. The highest BCUT2D eigenvalue weighted by Gasteiger charge is 2.23. The molecule has 1 atom stereocenters. The molecule has 1 aliphatic carbocycles. The van der Waals surface area contributed by atoms with E-state index in [0.29, 0.717) is 13.0 Å². The lowest BCUT2D eigenvalue weighted by molar-refractivity contribution is -0.126. The third-order valence-corrected chi connectivity index (χ3v) is 3.88. The minimum absolute atomic E-state index is 0.139. The second kappa shape index (κ2) is 7.00. The van der Waals surface area contributed by atoms with Crippen LogP contribution in [0.15, 0.2) is 0 Å². The van der Waals surface area contributed by atoms with Crippen molar-refractivity contribution in [3.8, 4) is 0 Å². The normalized spacial score (nSPS) is 22.3. The highest BCUT2D eigenvalue weighted by Crippen LogP contribution is 2.22.